The fraction of sp³-hybridized carbons (Fsp3) is 0.625. The lowest BCUT2D eigenvalue weighted by Crippen LogP contribution is -2.35. The molecule has 0 aromatic carbocycles. The monoisotopic (exact) mass is 155 g/mol. The summed E-state index contributed by atoms with van der Waals surface area (Å²) in [7, 11) is 0. The zero-order valence-corrected chi connectivity index (χ0v) is 6.89. The number of rotatable bonds is 2. The van der Waals surface area contributed by atoms with Gasteiger partial charge in [0.25, 0.3) is 0 Å². The van der Waals surface area contributed by atoms with E-state index in [0.717, 1.165) is 5.57 Å². The minimum Gasteiger partial charge on any atom is -0.464 e. The molecule has 0 aromatic heterocycles. The van der Waals surface area contributed by atoms with Gasteiger partial charge in [-0.2, -0.15) is 0 Å². The molecule has 0 bridgehead atoms. The number of esters is 1. The average Bonchev–Trinajstić information content (AvgIpc) is 2.64. The quantitative estimate of drug-likeness (QED) is 0.469. The van der Waals surface area contributed by atoms with Crippen LogP contribution in [0.15, 0.2) is 11.6 Å². The van der Waals surface area contributed by atoms with Crippen molar-refractivity contribution in [2.75, 3.05) is 6.61 Å². The van der Waals surface area contributed by atoms with Crippen LogP contribution >= 0.6 is 0 Å². The fourth-order valence-electron chi connectivity index (χ4n) is 1.08. The van der Waals surface area contributed by atoms with Crippen molar-refractivity contribution in [3.05, 3.63) is 11.6 Å². The van der Waals surface area contributed by atoms with Gasteiger partial charge in [-0.05, 0) is 19.4 Å². The van der Waals surface area contributed by atoms with Gasteiger partial charge in [-0.3, -0.25) is 0 Å². The molecule has 11 heavy (non-hydrogen) atoms. The third kappa shape index (κ3) is 1.28. The number of carbonyl (C=O) groups excluding carboxylic acids is 1. The third-order valence-electron chi connectivity index (χ3n) is 1.91. The molecule has 1 fully saturated rings. The lowest BCUT2D eigenvalue weighted by molar-refractivity contribution is -0.145. The van der Waals surface area contributed by atoms with E-state index in [-0.39, 0.29) is 5.97 Å². The molecular formula is C8H13NO2. The number of ether oxygens (including phenoxy) is 1. The van der Waals surface area contributed by atoms with Crippen molar-refractivity contribution in [1.29, 1.82) is 0 Å². The largest absolute Gasteiger partial charge is 0.464 e. The molecule has 1 aliphatic rings. The van der Waals surface area contributed by atoms with Gasteiger partial charge in [0.15, 0.2) is 0 Å². The van der Waals surface area contributed by atoms with Gasteiger partial charge in [0, 0.05) is 6.42 Å². The van der Waals surface area contributed by atoms with E-state index >= 15 is 0 Å². The van der Waals surface area contributed by atoms with E-state index in [1.54, 1.807) is 6.92 Å². The van der Waals surface area contributed by atoms with Crippen LogP contribution in [0.1, 0.15) is 20.3 Å². The summed E-state index contributed by atoms with van der Waals surface area (Å²) in [4.78, 5) is 11.1. The summed E-state index contributed by atoms with van der Waals surface area (Å²) >= 11 is 0. The first kappa shape index (κ1) is 8.27. The molecule has 0 radical (unpaired) electrons. The first-order valence-electron chi connectivity index (χ1n) is 3.77. The number of nitrogens with two attached hydrogens (primary N) is 1. The summed E-state index contributed by atoms with van der Waals surface area (Å²) in [5.74, 6) is -0.298. The van der Waals surface area contributed by atoms with Gasteiger partial charge >= 0.3 is 5.97 Å². The van der Waals surface area contributed by atoms with Crippen LogP contribution in [-0.4, -0.2) is 18.1 Å². The Morgan fingerprint density at radius 2 is 2.55 bits per heavy atom. The summed E-state index contributed by atoms with van der Waals surface area (Å²) in [5.41, 5.74) is 5.90. The van der Waals surface area contributed by atoms with Crippen molar-refractivity contribution in [3.8, 4) is 0 Å². The van der Waals surface area contributed by atoms with Gasteiger partial charge in [-0.15, -0.1) is 0 Å². The fourth-order valence-corrected chi connectivity index (χ4v) is 1.08. The lowest BCUT2D eigenvalue weighted by Gasteiger charge is -2.05. The van der Waals surface area contributed by atoms with Crippen LogP contribution in [0.2, 0.25) is 0 Å². The molecule has 0 aromatic rings. The van der Waals surface area contributed by atoms with Crippen molar-refractivity contribution in [3.63, 3.8) is 0 Å². The highest BCUT2D eigenvalue weighted by Crippen LogP contribution is 2.40. The van der Waals surface area contributed by atoms with Crippen LogP contribution in [0.25, 0.3) is 0 Å². The molecular weight excluding hydrogens is 142 g/mol. The topological polar surface area (TPSA) is 52.3 Å². The molecule has 62 valence electrons. The second kappa shape index (κ2) is 2.66. The molecule has 1 rings (SSSR count). The van der Waals surface area contributed by atoms with Crippen LogP contribution < -0.4 is 5.73 Å². The maximum absolute atomic E-state index is 11.1. The molecule has 1 saturated carbocycles. The summed E-state index contributed by atoms with van der Waals surface area (Å²) in [6.07, 6.45) is 2.53. The lowest BCUT2D eigenvalue weighted by atomic mass is 10.3. The van der Waals surface area contributed by atoms with Crippen LogP contribution in [0.4, 0.5) is 0 Å². The van der Waals surface area contributed by atoms with Crippen molar-refractivity contribution in [1.82, 2.24) is 0 Å². The zero-order valence-electron chi connectivity index (χ0n) is 6.89. The number of carbonyl (C=O) groups is 1. The van der Waals surface area contributed by atoms with Gasteiger partial charge in [0.1, 0.15) is 5.54 Å². The Kier molecular flexibility index (Phi) is 2.00. The van der Waals surface area contributed by atoms with Gasteiger partial charge in [-0.1, -0.05) is 6.08 Å². The molecule has 1 aliphatic carbocycles. The maximum atomic E-state index is 11.1. The average molecular weight is 155 g/mol. The molecule has 0 spiro atoms. The normalized spacial score (nSPS) is 32.1. The summed E-state index contributed by atoms with van der Waals surface area (Å²) < 4.78 is 4.80. The van der Waals surface area contributed by atoms with Crippen molar-refractivity contribution in [2.24, 2.45) is 5.73 Å². The predicted molar refractivity (Wildman–Crippen MR) is 41.9 cm³/mol. The Balaban J connectivity index is 2.56. The molecule has 3 heteroatoms. The van der Waals surface area contributed by atoms with E-state index in [1.165, 1.54) is 0 Å². The van der Waals surface area contributed by atoms with E-state index < -0.39 is 5.54 Å². The highest BCUT2D eigenvalue weighted by Gasteiger charge is 2.52. The second-order valence-corrected chi connectivity index (χ2v) is 2.68. The standard InChI is InChI=1S/C8H13NO2/c1-3-6-5-8(6,9)7(10)11-4-2/h3H,4-5,9H2,1-2H3/b6-3+. The first-order valence-corrected chi connectivity index (χ1v) is 3.77. The van der Waals surface area contributed by atoms with E-state index in [9.17, 15) is 4.79 Å². The molecule has 0 saturated heterocycles. The summed E-state index contributed by atoms with van der Waals surface area (Å²) in [6.45, 7) is 4.05. The minimum atomic E-state index is -0.773. The van der Waals surface area contributed by atoms with Crippen LogP contribution in [0.5, 0.6) is 0 Å². The molecule has 0 aliphatic heterocycles. The molecule has 2 N–H and O–H groups in total. The van der Waals surface area contributed by atoms with Crippen molar-refractivity contribution < 1.29 is 9.53 Å². The highest BCUT2D eigenvalue weighted by molar-refractivity contribution is 5.91. The first-order chi connectivity index (χ1) is 5.15. The molecule has 1 atom stereocenters. The molecule has 3 nitrogen and oxygen atoms in total. The van der Waals surface area contributed by atoms with Crippen molar-refractivity contribution in [2.45, 2.75) is 25.8 Å². The van der Waals surface area contributed by atoms with Gasteiger partial charge < -0.3 is 10.5 Å². The second-order valence-electron chi connectivity index (χ2n) is 2.68. The van der Waals surface area contributed by atoms with Gasteiger partial charge in [0.05, 0.1) is 6.61 Å². The minimum absolute atomic E-state index is 0.298. The Morgan fingerprint density at radius 1 is 1.91 bits per heavy atom. The highest BCUT2D eigenvalue weighted by atomic mass is 16.5. The molecule has 0 amide bonds. The van der Waals surface area contributed by atoms with E-state index in [2.05, 4.69) is 0 Å². The van der Waals surface area contributed by atoms with Crippen LogP contribution in [-0.2, 0) is 9.53 Å². The number of hydrogen-bond acceptors (Lipinski definition) is 3. The molecule has 0 heterocycles. The maximum Gasteiger partial charge on any atom is 0.330 e. The van der Waals surface area contributed by atoms with Gasteiger partial charge in [0.2, 0.25) is 0 Å². The SMILES string of the molecule is C/C=C1\CC1(N)C(=O)OCC. The van der Waals surface area contributed by atoms with E-state index in [4.69, 9.17) is 10.5 Å². The Morgan fingerprint density at radius 3 is 2.91 bits per heavy atom. The van der Waals surface area contributed by atoms with Crippen LogP contribution in [0, 0.1) is 0 Å². The number of hydrogen-bond donors (Lipinski definition) is 1. The smallest absolute Gasteiger partial charge is 0.330 e. The Bertz CT molecular complexity index is 210. The summed E-state index contributed by atoms with van der Waals surface area (Å²) in [5, 5.41) is 0. The molecule has 1 unspecified atom stereocenters. The van der Waals surface area contributed by atoms with E-state index in [1.807, 2.05) is 13.0 Å². The van der Waals surface area contributed by atoms with Crippen molar-refractivity contribution >= 4 is 5.97 Å². The van der Waals surface area contributed by atoms with E-state index in [0.29, 0.717) is 13.0 Å². The zero-order chi connectivity index (χ0) is 8.48. The third-order valence-corrected chi connectivity index (χ3v) is 1.91. The number of allylic oxidation sites excluding steroid dienone is 1. The van der Waals surface area contributed by atoms with Gasteiger partial charge in [-0.25, -0.2) is 4.79 Å². The predicted octanol–water partition coefficient (Wildman–Crippen LogP) is 0.597. The Hall–Kier alpha value is -0.830. The summed E-state index contributed by atoms with van der Waals surface area (Å²) in [6, 6.07) is 0. The van der Waals surface area contributed by atoms with Crippen LogP contribution in [0.3, 0.4) is 0 Å². The Labute approximate surface area is 66.2 Å².